The number of hydrogen-bond acceptors (Lipinski definition) is 5. The minimum atomic E-state index is -3.86. The van der Waals surface area contributed by atoms with Crippen molar-refractivity contribution in [3.63, 3.8) is 0 Å². The average molecular weight is 486 g/mol. The number of hydrogen-bond donors (Lipinski definition) is 1. The van der Waals surface area contributed by atoms with Crippen LogP contribution in [0.3, 0.4) is 0 Å². The van der Waals surface area contributed by atoms with Crippen LogP contribution >= 0.6 is 0 Å². The lowest BCUT2D eigenvalue weighted by molar-refractivity contribution is -0.126. The SMILES string of the molecule is Cc1cc(C)c(C=Cc2onc(C)c2S(=O)(=O)N2CCCC(C(=O)NC3CCCC3)C2)c(C)c1. The van der Waals surface area contributed by atoms with Crippen LogP contribution in [0.25, 0.3) is 12.2 Å². The van der Waals surface area contributed by atoms with E-state index in [0.717, 1.165) is 42.4 Å². The van der Waals surface area contributed by atoms with E-state index in [1.807, 2.05) is 19.9 Å². The first-order valence-electron chi connectivity index (χ1n) is 12.2. The molecule has 34 heavy (non-hydrogen) atoms. The van der Waals surface area contributed by atoms with Crippen molar-refractivity contribution in [1.82, 2.24) is 14.8 Å². The molecular formula is C26H35N3O4S. The van der Waals surface area contributed by atoms with E-state index in [1.54, 1.807) is 13.0 Å². The molecule has 4 rings (SSSR count). The van der Waals surface area contributed by atoms with Gasteiger partial charge in [-0.25, -0.2) is 8.42 Å². The van der Waals surface area contributed by atoms with E-state index in [0.29, 0.717) is 25.1 Å². The molecule has 1 aromatic heterocycles. The largest absolute Gasteiger partial charge is 0.355 e. The third-order valence-electron chi connectivity index (χ3n) is 7.03. The standard InChI is InChI=1S/C26H35N3O4S/c1-17-14-18(2)23(19(3)15-17)11-12-24-25(20(4)28-33-24)34(31,32)29-13-7-8-21(16-29)26(30)27-22-9-5-6-10-22/h11-12,14-15,21-22H,5-10,13,16H2,1-4H3,(H,27,30). The first-order chi connectivity index (χ1) is 16.2. The van der Waals surface area contributed by atoms with E-state index in [4.69, 9.17) is 4.52 Å². The molecule has 0 bridgehead atoms. The molecule has 2 aromatic rings. The summed E-state index contributed by atoms with van der Waals surface area (Å²) in [6.07, 6.45) is 9.22. The Bertz CT molecular complexity index is 1170. The monoisotopic (exact) mass is 485 g/mol. The van der Waals surface area contributed by atoms with Crippen molar-refractivity contribution in [3.8, 4) is 0 Å². The molecule has 0 spiro atoms. The van der Waals surface area contributed by atoms with Gasteiger partial charge in [0, 0.05) is 19.1 Å². The molecule has 1 N–H and O–H groups in total. The van der Waals surface area contributed by atoms with Crippen molar-refractivity contribution >= 4 is 28.1 Å². The zero-order valence-electron chi connectivity index (χ0n) is 20.6. The van der Waals surface area contributed by atoms with Crippen LogP contribution in [-0.2, 0) is 14.8 Å². The predicted octanol–water partition coefficient (Wildman–Crippen LogP) is 4.54. The van der Waals surface area contributed by atoms with Gasteiger partial charge in [0.2, 0.25) is 15.9 Å². The minimum absolute atomic E-state index is 0.0284. The summed E-state index contributed by atoms with van der Waals surface area (Å²) in [5, 5.41) is 7.09. The van der Waals surface area contributed by atoms with E-state index in [9.17, 15) is 13.2 Å². The highest BCUT2D eigenvalue weighted by atomic mass is 32.2. The molecule has 1 aliphatic carbocycles. The van der Waals surface area contributed by atoms with Crippen LogP contribution in [0.1, 0.15) is 72.2 Å². The first-order valence-corrected chi connectivity index (χ1v) is 13.6. The molecule has 2 fully saturated rings. The average Bonchev–Trinajstić information content (AvgIpc) is 3.42. The van der Waals surface area contributed by atoms with E-state index < -0.39 is 10.0 Å². The second-order valence-electron chi connectivity index (χ2n) is 9.80. The zero-order valence-corrected chi connectivity index (χ0v) is 21.4. The van der Waals surface area contributed by atoms with Gasteiger partial charge in [-0.15, -0.1) is 0 Å². The minimum Gasteiger partial charge on any atom is -0.355 e. The van der Waals surface area contributed by atoms with Gasteiger partial charge in [0.05, 0.1) is 5.92 Å². The smallest absolute Gasteiger partial charge is 0.248 e. The number of amides is 1. The molecule has 2 aliphatic rings. The van der Waals surface area contributed by atoms with E-state index in [1.165, 1.54) is 9.87 Å². The highest BCUT2D eigenvalue weighted by Gasteiger charge is 2.37. The Balaban J connectivity index is 1.56. The van der Waals surface area contributed by atoms with Crippen molar-refractivity contribution in [1.29, 1.82) is 0 Å². The summed E-state index contributed by atoms with van der Waals surface area (Å²) in [4.78, 5) is 12.9. The Morgan fingerprint density at radius 3 is 2.41 bits per heavy atom. The van der Waals surface area contributed by atoms with Crippen LogP contribution < -0.4 is 5.32 Å². The lowest BCUT2D eigenvalue weighted by Gasteiger charge is -2.31. The van der Waals surface area contributed by atoms with E-state index >= 15 is 0 Å². The number of aryl methyl sites for hydroxylation is 4. The number of carbonyl (C=O) groups excluding carboxylic acids is 1. The highest BCUT2D eigenvalue weighted by Crippen LogP contribution is 2.30. The van der Waals surface area contributed by atoms with Crippen LogP contribution in [0.5, 0.6) is 0 Å². The third kappa shape index (κ3) is 5.13. The lowest BCUT2D eigenvalue weighted by Crippen LogP contribution is -2.47. The molecule has 1 aliphatic heterocycles. The number of piperidine rings is 1. The molecule has 1 unspecified atom stereocenters. The third-order valence-corrected chi connectivity index (χ3v) is 9.05. The molecule has 1 atom stereocenters. The second-order valence-corrected chi connectivity index (χ2v) is 11.7. The maximum atomic E-state index is 13.7. The Kier molecular flexibility index (Phi) is 7.28. The van der Waals surface area contributed by atoms with Gasteiger partial charge in [0.25, 0.3) is 0 Å². The van der Waals surface area contributed by atoms with Gasteiger partial charge in [0.15, 0.2) is 10.7 Å². The van der Waals surface area contributed by atoms with Crippen LogP contribution in [0, 0.1) is 33.6 Å². The number of rotatable bonds is 6. The fraction of sp³-hybridized carbons (Fsp3) is 0.538. The summed E-state index contributed by atoms with van der Waals surface area (Å²) in [6, 6.07) is 4.42. The quantitative estimate of drug-likeness (QED) is 0.649. The Morgan fingerprint density at radius 1 is 1.06 bits per heavy atom. The van der Waals surface area contributed by atoms with Gasteiger partial charge in [-0.05, 0) is 76.1 Å². The number of nitrogens with one attached hydrogen (secondary N) is 1. The topological polar surface area (TPSA) is 92.5 Å². The summed E-state index contributed by atoms with van der Waals surface area (Å²) in [7, 11) is -3.86. The molecule has 184 valence electrons. The lowest BCUT2D eigenvalue weighted by atomic mass is 9.98. The van der Waals surface area contributed by atoms with Gasteiger partial charge < -0.3 is 9.84 Å². The normalized spacial score (nSPS) is 20.3. The van der Waals surface area contributed by atoms with Crippen molar-refractivity contribution in [2.24, 2.45) is 5.92 Å². The number of benzene rings is 1. The summed E-state index contributed by atoms with van der Waals surface area (Å²) in [5.41, 5.74) is 4.77. The molecule has 1 aromatic carbocycles. The van der Waals surface area contributed by atoms with Gasteiger partial charge in [0.1, 0.15) is 5.69 Å². The van der Waals surface area contributed by atoms with Crippen LogP contribution in [0.2, 0.25) is 0 Å². The predicted molar refractivity (Wildman–Crippen MR) is 133 cm³/mol. The second kappa shape index (κ2) is 10.0. The number of nitrogens with zero attached hydrogens (tertiary/aromatic N) is 2. The fourth-order valence-electron chi connectivity index (χ4n) is 5.30. The summed E-state index contributed by atoms with van der Waals surface area (Å²) >= 11 is 0. The Labute approximate surface area is 202 Å². The Hall–Kier alpha value is -2.45. The number of aromatic nitrogens is 1. The molecule has 7 nitrogen and oxygen atoms in total. The summed E-state index contributed by atoms with van der Waals surface area (Å²) in [5.74, 6) is -0.144. The van der Waals surface area contributed by atoms with Gasteiger partial charge in [-0.3, -0.25) is 4.79 Å². The molecule has 1 saturated carbocycles. The number of carbonyl (C=O) groups is 1. The first kappa shape index (κ1) is 24.7. The zero-order chi connectivity index (χ0) is 24.5. The van der Waals surface area contributed by atoms with Crippen LogP contribution in [0.4, 0.5) is 0 Å². The molecule has 8 heteroatoms. The maximum Gasteiger partial charge on any atom is 0.248 e. The Morgan fingerprint density at radius 2 is 1.74 bits per heavy atom. The molecule has 0 radical (unpaired) electrons. The van der Waals surface area contributed by atoms with Crippen molar-refractivity contribution in [2.75, 3.05) is 13.1 Å². The van der Waals surface area contributed by atoms with Crippen molar-refractivity contribution in [3.05, 3.63) is 45.8 Å². The van der Waals surface area contributed by atoms with Gasteiger partial charge >= 0.3 is 0 Å². The van der Waals surface area contributed by atoms with Gasteiger partial charge in [-0.2, -0.15) is 4.31 Å². The number of sulfonamides is 1. The van der Waals surface area contributed by atoms with Crippen LogP contribution in [-0.4, -0.2) is 42.9 Å². The van der Waals surface area contributed by atoms with Crippen molar-refractivity contribution < 1.29 is 17.7 Å². The maximum absolute atomic E-state index is 13.7. The van der Waals surface area contributed by atoms with Gasteiger partial charge in [-0.1, -0.05) is 41.8 Å². The fourth-order valence-corrected chi connectivity index (χ4v) is 7.08. The summed E-state index contributed by atoms with van der Waals surface area (Å²) in [6.45, 7) is 8.34. The molecule has 1 amide bonds. The van der Waals surface area contributed by atoms with E-state index in [2.05, 4.69) is 29.5 Å². The molecule has 2 heterocycles. The van der Waals surface area contributed by atoms with E-state index in [-0.39, 0.29) is 35.1 Å². The molecular weight excluding hydrogens is 450 g/mol. The molecule has 1 saturated heterocycles. The van der Waals surface area contributed by atoms with Crippen molar-refractivity contribution in [2.45, 2.75) is 77.2 Å². The van der Waals surface area contributed by atoms with Crippen LogP contribution in [0.15, 0.2) is 21.6 Å². The summed E-state index contributed by atoms with van der Waals surface area (Å²) < 4.78 is 34.2. The highest BCUT2D eigenvalue weighted by molar-refractivity contribution is 7.89.